The Kier molecular flexibility index (Phi) is 5.80. The van der Waals surface area contributed by atoms with E-state index >= 15 is 0 Å². The summed E-state index contributed by atoms with van der Waals surface area (Å²) in [6.45, 7) is 7.28. The third kappa shape index (κ3) is 4.79. The van der Waals surface area contributed by atoms with Crippen LogP contribution in [0, 0.1) is 0 Å². The number of nitrogens with zero attached hydrogens (tertiary/aromatic N) is 3. The molecule has 0 saturated carbocycles. The summed E-state index contributed by atoms with van der Waals surface area (Å²) in [5.74, 6) is 1.71. The molecule has 0 spiro atoms. The molecule has 1 aromatic rings. The number of rotatable bonds is 7. The Balaban J connectivity index is 1.40. The predicted octanol–water partition coefficient (Wildman–Crippen LogP) is 0.812. The molecule has 3 rings (SSSR count). The molecule has 0 bridgehead atoms. The Morgan fingerprint density at radius 2 is 1.95 bits per heavy atom. The molecule has 2 saturated heterocycles. The first-order valence-corrected chi connectivity index (χ1v) is 8.11. The van der Waals surface area contributed by atoms with Crippen LogP contribution in [-0.2, 0) is 9.47 Å². The van der Waals surface area contributed by atoms with E-state index in [-0.39, 0.29) is 0 Å². The van der Waals surface area contributed by atoms with Crippen molar-refractivity contribution in [3.05, 3.63) is 12.4 Å². The van der Waals surface area contributed by atoms with Crippen LogP contribution in [0.4, 0.5) is 11.6 Å². The van der Waals surface area contributed by atoms with Gasteiger partial charge in [0.25, 0.3) is 0 Å². The van der Waals surface area contributed by atoms with Gasteiger partial charge in [-0.05, 0) is 12.8 Å². The van der Waals surface area contributed by atoms with Crippen LogP contribution >= 0.6 is 0 Å². The molecule has 2 aliphatic heterocycles. The fourth-order valence-corrected chi connectivity index (χ4v) is 2.74. The SMILES string of the molecule is c1nc(NCCN2CCOCC2)cc(NCC2CCCO2)n1. The van der Waals surface area contributed by atoms with Gasteiger partial charge in [0, 0.05) is 45.4 Å². The lowest BCUT2D eigenvalue weighted by atomic mass is 10.2. The molecule has 2 N–H and O–H groups in total. The molecule has 3 heterocycles. The van der Waals surface area contributed by atoms with E-state index in [0.717, 1.165) is 77.0 Å². The van der Waals surface area contributed by atoms with Crippen molar-refractivity contribution in [2.45, 2.75) is 18.9 Å². The molecular weight excluding hydrogens is 282 g/mol. The molecule has 1 unspecified atom stereocenters. The third-order valence-electron chi connectivity index (χ3n) is 4.04. The van der Waals surface area contributed by atoms with Crippen molar-refractivity contribution in [3.8, 4) is 0 Å². The maximum Gasteiger partial charge on any atom is 0.131 e. The van der Waals surface area contributed by atoms with E-state index in [1.54, 1.807) is 6.33 Å². The third-order valence-corrected chi connectivity index (χ3v) is 4.04. The van der Waals surface area contributed by atoms with Gasteiger partial charge in [0.05, 0.1) is 19.3 Å². The number of hydrogen-bond acceptors (Lipinski definition) is 7. The molecule has 7 nitrogen and oxygen atoms in total. The standard InChI is InChI=1S/C15H25N5O2/c1-2-13(22-7-1)11-17-15-10-14(18-12-19-15)16-3-4-20-5-8-21-9-6-20/h10,12-13H,1-9,11H2,(H2,16,17,18,19). The Morgan fingerprint density at radius 1 is 1.14 bits per heavy atom. The smallest absolute Gasteiger partial charge is 0.131 e. The number of hydrogen-bond donors (Lipinski definition) is 2. The molecule has 0 aromatic carbocycles. The maximum atomic E-state index is 5.60. The van der Waals surface area contributed by atoms with Crippen molar-refractivity contribution in [2.24, 2.45) is 0 Å². The Morgan fingerprint density at radius 3 is 2.73 bits per heavy atom. The number of aromatic nitrogens is 2. The normalized spacial score (nSPS) is 22.6. The van der Waals surface area contributed by atoms with Gasteiger partial charge in [-0.1, -0.05) is 0 Å². The molecule has 7 heteroatoms. The van der Waals surface area contributed by atoms with Crippen LogP contribution in [0.2, 0.25) is 0 Å². The lowest BCUT2D eigenvalue weighted by molar-refractivity contribution is 0.0398. The summed E-state index contributed by atoms with van der Waals surface area (Å²) >= 11 is 0. The second kappa shape index (κ2) is 8.26. The molecule has 22 heavy (non-hydrogen) atoms. The first kappa shape index (κ1) is 15.5. The Bertz CT molecular complexity index is 447. The van der Waals surface area contributed by atoms with Crippen LogP contribution in [0.15, 0.2) is 12.4 Å². The minimum absolute atomic E-state index is 0.313. The van der Waals surface area contributed by atoms with Crippen LogP contribution in [0.1, 0.15) is 12.8 Å². The molecule has 122 valence electrons. The van der Waals surface area contributed by atoms with Crippen molar-refractivity contribution in [1.82, 2.24) is 14.9 Å². The zero-order chi connectivity index (χ0) is 15.0. The van der Waals surface area contributed by atoms with Crippen molar-refractivity contribution >= 4 is 11.6 Å². The van der Waals surface area contributed by atoms with Gasteiger partial charge in [0.1, 0.15) is 18.0 Å². The zero-order valence-corrected chi connectivity index (χ0v) is 13.0. The number of morpholine rings is 1. The van der Waals surface area contributed by atoms with Crippen LogP contribution in [0.25, 0.3) is 0 Å². The second-order valence-corrected chi connectivity index (χ2v) is 5.69. The minimum Gasteiger partial charge on any atom is -0.379 e. The Hall–Kier alpha value is -1.44. The fourth-order valence-electron chi connectivity index (χ4n) is 2.74. The number of nitrogens with one attached hydrogen (secondary N) is 2. The van der Waals surface area contributed by atoms with Gasteiger partial charge in [0.2, 0.25) is 0 Å². The Labute approximate surface area is 131 Å². The first-order valence-electron chi connectivity index (χ1n) is 8.11. The lowest BCUT2D eigenvalue weighted by Crippen LogP contribution is -2.39. The van der Waals surface area contributed by atoms with Crippen molar-refractivity contribution in [3.63, 3.8) is 0 Å². The molecule has 1 atom stereocenters. The summed E-state index contributed by atoms with van der Waals surface area (Å²) in [6, 6.07) is 1.95. The van der Waals surface area contributed by atoms with E-state index in [9.17, 15) is 0 Å². The number of anilines is 2. The highest BCUT2D eigenvalue weighted by Crippen LogP contribution is 2.14. The summed E-state index contributed by atoms with van der Waals surface area (Å²) in [4.78, 5) is 10.9. The average Bonchev–Trinajstić information content (AvgIpc) is 3.08. The van der Waals surface area contributed by atoms with Gasteiger partial charge in [-0.25, -0.2) is 9.97 Å². The molecule has 1 aromatic heterocycles. The summed E-state index contributed by atoms with van der Waals surface area (Å²) in [5, 5.41) is 6.68. The van der Waals surface area contributed by atoms with Crippen molar-refractivity contribution in [1.29, 1.82) is 0 Å². The van der Waals surface area contributed by atoms with E-state index in [1.165, 1.54) is 0 Å². The summed E-state index contributed by atoms with van der Waals surface area (Å²) in [7, 11) is 0. The van der Waals surface area contributed by atoms with E-state index in [2.05, 4.69) is 25.5 Å². The topological polar surface area (TPSA) is 71.5 Å². The van der Waals surface area contributed by atoms with Crippen LogP contribution in [0.3, 0.4) is 0 Å². The highest BCUT2D eigenvalue weighted by Gasteiger charge is 2.15. The summed E-state index contributed by atoms with van der Waals surface area (Å²) in [5.41, 5.74) is 0. The molecule has 0 aliphatic carbocycles. The van der Waals surface area contributed by atoms with Crippen molar-refractivity contribution in [2.75, 3.05) is 63.2 Å². The van der Waals surface area contributed by atoms with E-state index in [4.69, 9.17) is 9.47 Å². The van der Waals surface area contributed by atoms with E-state index in [1.807, 2.05) is 6.07 Å². The molecule has 2 fully saturated rings. The molecule has 0 amide bonds. The van der Waals surface area contributed by atoms with Crippen LogP contribution in [0.5, 0.6) is 0 Å². The monoisotopic (exact) mass is 307 g/mol. The van der Waals surface area contributed by atoms with Crippen LogP contribution in [-0.4, -0.2) is 73.5 Å². The molecule has 0 radical (unpaired) electrons. The van der Waals surface area contributed by atoms with Gasteiger partial charge in [-0.2, -0.15) is 0 Å². The lowest BCUT2D eigenvalue weighted by Gasteiger charge is -2.26. The van der Waals surface area contributed by atoms with Crippen LogP contribution < -0.4 is 10.6 Å². The minimum atomic E-state index is 0.313. The van der Waals surface area contributed by atoms with Gasteiger partial charge in [-0.15, -0.1) is 0 Å². The average molecular weight is 307 g/mol. The van der Waals surface area contributed by atoms with Crippen molar-refractivity contribution < 1.29 is 9.47 Å². The first-order chi connectivity index (χ1) is 10.9. The highest BCUT2D eigenvalue weighted by molar-refractivity contribution is 5.46. The predicted molar refractivity (Wildman–Crippen MR) is 85.2 cm³/mol. The quantitative estimate of drug-likeness (QED) is 0.772. The zero-order valence-electron chi connectivity index (χ0n) is 13.0. The summed E-state index contributed by atoms with van der Waals surface area (Å²) in [6.07, 6.45) is 4.19. The van der Waals surface area contributed by atoms with E-state index < -0.39 is 0 Å². The highest BCUT2D eigenvalue weighted by atomic mass is 16.5. The largest absolute Gasteiger partial charge is 0.379 e. The maximum absolute atomic E-state index is 5.60. The molecule has 2 aliphatic rings. The summed E-state index contributed by atoms with van der Waals surface area (Å²) < 4.78 is 10.9. The van der Waals surface area contributed by atoms with Gasteiger partial charge in [-0.3, -0.25) is 4.90 Å². The van der Waals surface area contributed by atoms with Gasteiger partial charge < -0.3 is 20.1 Å². The fraction of sp³-hybridized carbons (Fsp3) is 0.733. The number of ether oxygens (including phenoxy) is 2. The molecular formula is C15H25N5O2. The van der Waals surface area contributed by atoms with E-state index in [0.29, 0.717) is 6.10 Å². The second-order valence-electron chi connectivity index (χ2n) is 5.69. The van der Waals surface area contributed by atoms with Gasteiger partial charge in [0.15, 0.2) is 0 Å². The van der Waals surface area contributed by atoms with Gasteiger partial charge >= 0.3 is 0 Å².